The highest BCUT2D eigenvalue weighted by atomic mass is 16.5. The Hall–Kier alpha value is -2.37. The zero-order valence-corrected chi connectivity index (χ0v) is 13.6. The summed E-state index contributed by atoms with van der Waals surface area (Å²) < 4.78 is 5.34. The topological polar surface area (TPSA) is 80.0 Å². The number of fused-ring (bicyclic) bond motifs is 1. The van der Waals surface area contributed by atoms with Gasteiger partial charge in [0.05, 0.1) is 0 Å². The zero-order chi connectivity index (χ0) is 16.2. The van der Waals surface area contributed by atoms with Crippen LogP contribution >= 0.6 is 0 Å². The Morgan fingerprint density at radius 2 is 2.26 bits per heavy atom. The molecule has 2 heterocycles. The Balaban J connectivity index is 1.66. The molecule has 0 saturated heterocycles. The van der Waals surface area contributed by atoms with Crippen LogP contribution < -0.4 is 10.6 Å². The molecule has 23 heavy (non-hydrogen) atoms. The minimum Gasteiger partial charge on any atom is -0.374 e. The van der Waals surface area contributed by atoms with Gasteiger partial charge in [-0.1, -0.05) is 18.5 Å². The molecule has 2 N–H and O–H groups in total. The molecule has 1 amide bonds. The van der Waals surface area contributed by atoms with Crippen molar-refractivity contribution in [2.45, 2.75) is 52.0 Å². The third-order valence-corrected chi connectivity index (χ3v) is 3.99. The van der Waals surface area contributed by atoms with Crippen molar-refractivity contribution < 1.29 is 9.32 Å². The maximum Gasteiger partial charge on any atom is 0.248 e. The van der Waals surface area contributed by atoms with Crippen molar-refractivity contribution in [2.75, 3.05) is 10.6 Å². The summed E-state index contributed by atoms with van der Waals surface area (Å²) in [5, 5.41) is 10.3. The number of aromatic nitrogens is 2. The fourth-order valence-corrected chi connectivity index (χ4v) is 2.66. The van der Waals surface area contributed by atoms with Crippen LogP contribution in [0.15, 0.2) is 22.7 Å². The molecule has 0 unspecified atom stereocenters. The van der Waals surface area contributed by atoms with Gasteiger partial charge < -0.3 is 15.2 Å². The van der Waals surface area contributed by atoms with Gasteiger partial charge >= 0.3 is 0 Å². The molecule has 1 aliphatic rings. The molecule has 122 valence electrons. The maximum absolute atomic E-state index is 11.4. The molecule has 3 rings (SSSR count). The number of hydrogen-bond acceptors (Lipinski definition) is 5. The standard InChI is InChI=1S/C17H22N4O2/c1-3-4-5-15-20-17(23-21-15)11(2)18-13-7-8-14-12(10-13)6-9-16(22)19-14/h7-8,10-11,18H,3-6,9H2,1-2H3,(H,19,22)/t11-/m0/s1. The van der Waals surface area contributed by atoms with Gasteiger partial charge in [0.25, 0.3) is 0 Å². The molecule has 0 spiro atoms. The second-order valence-corrected chi connectivity index (χ2v) is 5.94. The van der Waals surface area contributed by atoms with Crippen molar-refractivity contribution in [3.05, 3.63) is 35.5 Å². The lowest BCUT2D eigenvalue weighted by Gasteiger charge is -2.19. The van der Waals surface area contributed by atoms with Crippen LogP contribution in [0.4, 0.5) is 11.4 Å². The highest BCUT2D eigenvalue weighted by Crippen LogP contribution is 2.27. The second kappa shape index (κ2) is 6.81. The SMILES string of the molecule is CCCCc1noc([C@H](C)Nc2ccc3c(c2)CCC(=O)N3)n1. The molecule has 0 aliphatic carbocycles. The summed E-state index contributed by atoms with van der Waals surface area (Å²) in [4.78, 5) is 15.8. The number of carbonyl (C=O) groups excluding carboxylic acids is 1. The molecule has 1 aliphatic heterocycles. The van der Waals surface area contributed by atoms with E-state index in [-0.39, 0.29) is 11.9 Å². The average Bonchev–Trinajstić information content (AvgIpc) is 3.02. The van der Waals surface area contributed by atoms with Crippen molar-refractivity contribution >= 4 is 17.3 Å². The predicted octanol–water partition coefficient (Wildman–Crippen LogP) is 3.47. The Bertz CT molecular complexity index is 696. The van der Waals surface area contributed by atoms with Crippen LogP contribution in [0, 0.1) is 0 Å². The highest BCUT2D eigenvalue weighted by molar-refractivity contribution is 5.94. The molecule has 0 fully saturated rings. The summed E-state index contributed by atoms with van der Waals surface area (Å²) in [6.45, 7) is 4.14. The molecular weight excluding hydrogens is 292 g/mol. The predicted molar refractivity (Wildman–Crippen MR) is 88.3 cm³/mol. The van der Waals surface area contributed by atoms with Crippen LogP contribution in [-0.4, -0.2) is 16.0 Å². The summed E-state index contributed by atoms with van der Waals surface area (Å²) in [5.41, 5.74) is 3.04. The van der Waals surface area contributed by atoms with Crippen LogP contribution in [0.5, 0.6) is 0 Å². The number of nitrogens with one attached hydrogen (secondary N) is 2. The molecule has 0 bridgehead atoms. The van der Waals surface area contributed by atoms with E-state index < -0.39 is 0 Å². The fourth-order valence-electron chi connectivity index (χ4n) is 2.66. The van der Waals surface area contributed by atoms with Gasteiger partial charge in [0.2, 0.25) is 11.8 Å². The number of hydrogen-bond donors (Lipinski definition) is 2. The number of aryl methyl sites for hydroxylation is 2. The van der Waals surface area contributed by atoms with E-state index in [9.17, 15) is 4.79 Å². The third-order valence-electron chi connectivity index (χ3n) is 3.99. The maximum atomic E-state index is 11.4. The highest BCUT2D eigenvalue weighted by Gasteiger charge is 2.17. The van der Waals surface area contributed by atoms with Crippen molar-refractivity contribution in [1.82, 2.24) is 10.1 Å². The first kappa shape index (κ1) is 15.5. The van der Waals surface area contributed by atoms with E-state index in [2.05, 4.69) is 33.8 Å². The largest absolute Gasteiger partial charge is 0.374 e. The molecular formula is C17H22N4O2. The van der Waals surface area contributed by atoms with Gasteiger partial charge in [0, 0.05) is 24.2 Å². The first-order valence-electron chi connectivity index (χ1n) is 8.17. The van der Waals surface area contributed by atoms with E-state index in [4.69, 9.17) is 4.52 Å². The Morgan fingerprint density at radius 3 is 3.09 bits per heavy atom. The summed E-state index contributed by atoms with van der Waals surface area (Å²) in [6, 6.07) is 5.89. The van der Waals surface area contributed by atoms with Crippen molar-refractivity contribution in [1.29, 1.82) is 0 Å². The lowest BCUT2D eigenvalue weighted by molar-refractivity contribution is -0.116. The van der Waals surface area contributed by atoms with Crippen LogP contribution in [0.3, 0.4) is 0 Å². The molecule has 0 radical (unpaired) electrons. The first-order chi connectivity index (χ1) is 11.2. The van der Waals surface area contributed by atoms with Gasteiger partial charge in [-0.15, -0.1) is 0 Å². The van der Waals surface area contributed by atoms with Gasteiger partial charge in [-0.05, 0) is 43.5 Å². The normalized spacial score (nSPS) is 15.0. The second-order valence-electron chi connectivity index (χ2n) is 5.94. The molecule has 1 aromatic carbocycles. The summed E-state index contributed by atoms with van der Waals surface area (Å²) >= 11 is 0. The number of amides is 1. The lowest BCUT2D eigenvalue weighted by Crippen LogP contribution is -2.19. The number of rotatable bonds is 6. The minimum atomic E-state index is -0.0610. The number of carbonyl (C=O) groups is 1. The number of anilines is 2. The Kier molecular flexibility index (Phi) is 4.60. The van der Waals surface area contributed by atoms with Crippen LogP contribution in [0.25, 0.3) is 0 Å². The van der Waals surface area contributed by atoms with Crippen molar-refractivity contribution in [3.8, 4) is 0 Å². The minimum absolute atomic E-state index is 0.0610. The zero-order valence-electron chi connectivity index (χ0n) is 13.6. The van der Waals surface area contributed by atoms with Crippen molar-refractivity contribution in [3.63, 3.8) is 0 Å². The molecule has 1 aromatic heterocycles. The van der Waals surface area contributed by atoms with Crippen molar-refractivity contribution in [2.24, 2.45) is 0 Å². The average molecular weight is 314 g/mol. The van der Waals surface area contributed by atoms with E-state index in [1.54, 1.807) is 0 Å². The number of unbranched alkanes of at least 4 members (excludes halogenated alkanes) is 1. The molecule has 6 nitrogen and oxygen atoms in total. The number of nitrogens with zero attached hydrogens (tertiary/aromatic N) is 2. The van der Waals surface area contributed by atoms with Crippen LogP contribution in [0.2, 0.25) is 0 Å². The third kappa shape index (κ3) is 3.70. The smallest absolute Gasteiger partial charge is 0.248 e. The Morgan fingerprint density at radius 1 is 1.39 bits per heavy atom. The fraction of sp³-hybridized carbons (Fsp3) is 0.471. The van der Waals surface area contributed by atoms with Gasteiger partial charge in [-0.2, -0.15) is 4.98 Å². The van der Waals surface area contributed by atoms with E-state index in [0.29, 0.717) is 12.3 Å². The number of benzene rings is 1. The van der Waals surface area contributed by atoms with E-state index in [1.807, 2.05) is 19.1 Å². The molecule has 6 heteroatoms. The lowest BCUT2D eigenvalue weighted by atomic mass is 10.0. The van der Waals surface area contributed by atoms with Gasteiger partial charge in [-0.3, -0.25) is 4.79 Å². The summed E-state index contributed by atoms with van der Waals surface area (Å²) in [5.74, 6) is 1.45. The van der Waals surface area contributed by atoms with Gasteiger partial charge in [0.15, 0.2) is 5.82 Å². The molecule has 1 atom stereocenters. The summed E-state index contributed by atoms with van der Waals surface area (Å²) in [6.07, 6.45) is 4.34. The quantitative estimate of drug-likeness (QED) is 0.853. The Labute approximate surface area is 135 Å². The van der Waals surface area contributed by atoms with Crippen LogP contribution in [0.1, 0.15) is 56.4 Å². The summed E-state index contributed by atoms with van der Waals surface area (Å²) in [7, 11) is 0. The van der Waals surface area contributed by atoms with Gasteiger partial charge in [0.1, 0.15) is 6.04 Å². The molecule has 2 aromatic rings. The van der Waals surface area contributed by atoms with E-state index in [1.165, 1.54) is 0 Å². The van der Waals surface area contributed by atoms with E-state index >= 15 is 0 Å². The van der Waals surface area contributed by atoms with Gasteiger partial charge in [-0.25, -0.2) is 0 Å². The monoisotopic (exact) mass is 314 g/mol. The van der Waals surface area contributed by atoms with Crippen LogP contribution in [-0.2, 0) is 17.6 Å². The first-order valence-corrected chi connectivity index (χ1v) is 8.17. The van der Waals surface area contributed by atoms with E-state index in [0.717, 1.165) is 48.4 Å². The molecule has 0 saturated carbocycles.